The van der Waals surface area contributed by atoms with Gasteiger partial charge < -0.3 is 34.1 Å². The van der Waals surface area contributed by atoms with E-state index in [0.29, 0.717) is 67.3 Å². The number of benzene rings is 1. The molecule has 0 spiro atoms. The van der Waals surface area contributed by atoms with Crippen LogP contribution in [0.25, 0.3) is 11.2 Å². The Morgan fingerprint density at radius 1 is 1.09 bits per heavy atom. The number of nitrogen functional groups attached to an aromatic ring is 1. The molecule has 2 aliphatic carbocycles. The van der Waals surface area contributed by atoms with Crippen LogP contribution in [0.5, 0.6) is 0 Å². The number of hydrogen-bond acceptors (Lipinski definition) is 14. The van der Waals surface area contributed by atoms with Gasteiger partial charge in [0.25, 0.3) is 12.1 Å². The topological polar surface area (TPSA) is 216 Å². The van der Waals surface area contributed by atoms with Crippen LogP contribution in [-0.4, -0.2) is 90.2 Å². The molecule has 16 nitrogen and oxygen atoms in total. The summed E-state index contributed by atoms with van der Waals surface area (Å²) in [6.45, 7) is -1.29. The zero-order valence-corrected chi connectivity index (χ0v) is 32.1. The van der Waals surface area contributed by atoms with Crippen LogP contribution in [0.4, 0.5) is 5.82 Å². The highest BCUT2D eigenvalue weighted by atomic mass is 32.7. The second-order valence-electron chi connectivity index (χ2n) is 15.1. The highest BCUT2D eigenvalue weighted by Gasteiger charge is 2.90. The molecule has 4 aromatic rings. The number of nitrogens with one attached hydrogen (secondary N) is 1. The SMILES string of the molecule is Nc1ncnc2c1ncn2CCC1(CCCOP(=O)(SCCCCCOC(=O)c2ccccc2)[C@@H]2C3C4C[C@@]4(n4ccc(=O)[nH]c4=O)O[C@]32CO)CCOC1. The number of rotatable bonds is 19. The Morgan fingerprint density at radius 2 is 1.95 bits per heavy atom. The van der Waals surface area contributed by atoms with Crippen molar-refractivity contribution in [3.8, 4) is 0 Å². The molecular weight excluding hydrogens is 749 g/mol. The molecule has 8 rings (SSSR count). The molecule has 2 saturated heterocycles. The van der Waals surface area contributed by atoms with Gasteiger partial charge in [0.2, 0.25) is 0 Å². The predicted octanol–water partition coefficient (Wildman–Crippen LogP) is 3.94. The minimum absolute atomic E-state index is 0.0946. The van der Waals surface area contributed by atoms with E-state index < -0.39 is 34.8 Å². The first-order valence-electron chi connectivity index (χ1n) is 18.9. The van der Waals surface area contributed by atoms with Gasteiger partial charge in [-0.1, -0.05) is 29.6 Å². The zero-order chi connectivity index (χ0) is 38.3. The average molecular weight is 796 g/mol. The summed E-state index contributed by atoms with van der Waals surface area (Å²) in [7, 11) is 0. The van der Waals surface area contributed by atoms with Gasteiger partial charge in [0.05, 0.1) is 44.0 Å². The van der Waals surface area contributed by atoms with E-state index >= 15 is 4.57 Å². The van der Waals surface area contributed by atoms with Crippen molar-refractivity contribution in [2.24, 2.45) is 17.3 Å². The second-order valence-corrected chi connectivity index (χ2v) is 20.0. The number of aromatic nitrogens is 6. The van der Waals surface area contributed by atoms with E-state index in [9.17, 15) is 19.5 Å². The lowest BCUT2D eigenvalue weighted by Crippen LogP contribution is -2.40. The third kappa shape index (κ3) is 7.19. The lowest BCUT2D eigenvalue weighted by Gasteiger charge is -2.29. The Bertz CT molecular complexity index is 2190. The van der Waals surface area contributed by atoms with Crippen LogP contribution >= 0.6 is 18.0 Å². The van der Waals surface area contributed by atoms with Crippen LogP contribution in [0.1, 0.15) is 61.7 Å². The largest absolute Gasteiger partial charge is 0.462 e. The molecule has 5 heterocycles. The summed E-state index contributed by atoms with van der Waals surface area (Å²) in [6, 6.07) is 10.1. The van der Waals surface area contributed by atoms with Crippen LogP contribution in [0, 0.1) is 17.3 Å². The molecule has 0 amide bonds. The summed E-state index contributed by atoms with van der Waals surface area (Å²) in [5.74, 6) is 0.128. The Balaban J connectivity index is 0.901. The normalized spacial score (nSPS) is 28.8. The number of aromatic amines is 1. The number of ether oxygens (including phenoxy) is 3. The first kappa shape index (κ1) is 38.0. The average Bonchev–Trinajstić information content (AvgIpc) is 3.83. The molecule has 4 fully saturated rings. The number of unbranched alkanes of at least 4 members (excludes halogenated alkanes) is 2. The second kappa shape index (κ2) is 15.2. The van der Waals surface area contributed by atoms with Crippen molar-refractivity contribution in [1.82, 2.24) is 29.1 Å². The lowest BCUT2D eigenvalue weighted by molar-refractivity contribution is -0.0966. The summed E-state index contributed by atoms with van der Waals surface area (Å²) in [5.41, 5.74) is 3.98. The van der Waals surface area contributed by atoms with Crippen LogP contribution in [0.15, 0.2) is 64.8 Å². The lowest BCUT2D eigenvalue weighted by atomic mass is 9.79. The van der Waals surface area contributed by atoms with Crippen molar-refractivity contribution in [2.75, 3.05) is 44.5 Å². The number of carbonyl (C=O) groups is 1. The molecule has 0 bridgehead atoms. The van der Waals surface area contributed by atoms with E-state index in [1.165, 1.54) is 34.5 Å². The van der Waals surface area contributed by atoms with E-state index in [1.807, 2.05) is 10.6 Å². The maximum atomic E-state index is 15.0. The van der Waals surface area contributed by atoms with Gasteiger partial charge in [-0.15, -0.1) is 0 Å². The molecule has 4 unspecified atom stereocenters. The van der Waals surface area contributed by atoms with E-state index in [-0.39, 0.29) is 43.0 Å². The number of nitrogens with zero attached hydrogens (tertiary/aromatic N) is 5. The number of aliphatic hydroxyl groups is 1. The number of aliphatic hydroxyl groups excluding tert-OH is 1. The van der Waals surface area contributed by atoms with Crippen molar-refractivity contribution in [3.63, 3.8) is 0 Å². The van der Waals surface area contributed by atoms with E-state index in [1.54, 1.807) is 30.6 Å². The minimum atomic E-state index is -3.44. The molecule has 4 N–H and O–H groups in total. The molecule has 18 heteroatoms. The van der Waals surface area contributed by atoms with Crippen LogP contribution in [0.3, 0.4) is 0 Å². The molecule has 1 aromatic carbocycles. The number of imidazole rings is 1. The number of hydrogen-bond donors (Lipinski definition) is 3. The first-order valence-corrected chi connectivity index (χ1v) is 22.2. The number of esters is 1. The fourth-order valence-corrected chi connectivity index (χ4v) is 14.8. The number of carbonyl (C=O) groups excluding carboxylic acids is 1. The van der Waals surface area contributed by atoms with Crippen molar-refractivity contribution >= 4 is 40.9 Å². The summed E-state index contributed by atoms with van der Waals surface area (Å²) < 4.78 is 42.7. The van der Waals surface area contributed by atoms with Crippen molar-refractivity contribution in [3.05, 3.63) is 81.7 Å². The van der Waals surface area contributed by atoms with Gasteiger partial charge in [0, 0.05) is 49.4 Å². The van der Waals surface area contributed by atoms with Gasteiger partial charge in [-0.05, 0) is 62.5 Å². The molecule has 0 radical (unpaired) electrons. The summed E-state index contributed by atoms with van der Waals surface area (Å²) in [5, 5.41) is 10.7. The molecule has 3 aromatic heterocycles. The quantitative estimate of drug-likeness (QED) is 0.0697. The van der Waals surface area contributed by atoms with Crippen molar-refractivity contribution in [1.29, 1.82) is 0 Å². The maximum absolute atomic E-state index is 15.0. The Kier molecular flexibility index (Phi) is 10.5. The molecule has 55 heavy (non-hydrogen) atoms. The minimum Gasteiger partial charge on any atom is -0.462 e. The Morgan fingerprint density at radius 3 is 2.71 bits per heavy atom. The van der Waals surface area contributed by atoms with Crippen LogP contribution < -0.4 is 17.0 Å². The van der Waals surface area contributed by atoms with Crippen molar-refractivity contribution in [2.45, 2.75) is 74.9 Å². The van der Waals surface area contributed by atoms with E-state index in [4.69, 9.17) is 24.5 Å². The smallest absolute Gasteiger partial charge is 0.338 e. The van der Waals surface area contributed by atoms with Crippen molar-refractivity contribution < 1.29 is 33.2 Å². The molecule has 4 aliphatic rings. The fourth-order valence-electron chi connectivity index (χ4n) is 8.78. The van der Waals surface area contributed by atoms with Gasteiger partial charge in [-0.25, -0.2) is 24.5 Å². The number of anilines is 1. The summed E-state index contributed by atoms with van der Waals surface area (Å²) in [6.07, 6.45) is 10.5. The molecule has 294 valence electrons. The number of aryl methyl sites for hydroxylation is 1. The van der Waals surface area contributed by atoms with Gasteiger partial charge >= 0.3 is 11.7 Å². The van der Waals surface area contributed by atoms with Gasteiger partial charge in [0.1, 0.15) is 17.4 Å². The molecule has 7 atom stereocenters. The third-order valence-electron chi connectivity index (χ3n) is 11.8. The van der Waals surface area contributed by atoms with E-state index in [2.05, 4.69) is 19.9 Å². The van der Waals surface area contributed by atoms with Crippen LogP contribution in [0.2, 0.25) is 0 Å². The molecular formula is C37H46N7O9PS. The third-order valence-corrected chi connectivity index (χ3v) is 17.2. The highest BCUT2D eigenvalue weighted by Crippen LogP contribution is 2.86. The van der Waals surface area contributed by atoms with Crippen LogP contribution in [-0.2, 0) is 35.6 Å². The molecule has 2 saturated carbocycles. The standard InChI is InChI=1S/C37H46N7O9PS/c38-31-29-32(40-23-39-31)43(24-41-29)15-12-35(13-18-50-22-35)11-7-17-52-54(49,55-19-6-2-5-16-51-33(47)25-8-3-1-4-9-25)30-28-26-20-37(26,53-36(28,30)21-45)44-14-10-27(46)42-34(44)48/h1,3-4,8-10,14,23-24,26,28,30,45H,2,5-7,11-13,15-22H2,(H2,38,39,40)(H,42,46,48)/t26?,28?,30-,35?,36-,37-,54?/m1/s1. The highest BCUT2D eigenvalue weighted by molar-refractivity contribution is 8.56. The number of fused-ring (bicyclic) bond motifs is 4. The van der Waals surface area contributed by atoms with E-state index in [0.717, 1.165) is 32.1 Å². The van der Waals surface area contributed by atoms with Gasteiger partial charge in [-0.2, -0.15) is 0 Å². The van der Waals surface area contributed by atoms with Gasteiger partial charge in [0.15, 0.2) is 17.2 Å². The predicted molar refractivity (Wildman–Crippen MR) is 204 cm³/mol. The monoisotopic (exact) mass is 795 g/mol. The van der Waals surface area contributed by atoms with Gasteiger partial charge in [-0.3, -0.25) is 18.9 Å². The summed E-state index contributed by atoms with van der Waals surface area (Å²) >= 11 is 1.30. The number of nitrogens with two attached hydrogens (primary N) is 1. The zero-order valence-electron chi connectivity index (χ0n) is 30.4. The number of H-pyrrole nitrogens is 1. The fraction of sp³-hybridized carbons (Fsp3) is 0.568. The Labute approximate surface area is 320 Å². The summed E-state index contributed by atoms with van der Waals surface area (Å²) in [4.78, 5) is 51.9. The molecule has 2 aliphatic heterocycles. The maximum Gasteiger partial charge on any atom is 0.338 e. The Hall–Kier alpha value is -3.86. The first-order chi connectivity index (χ1) is 26.6.